The first-order chi connectivity index (χ1) is 12.8. The number of carbonyl (C=O) groups is 2. The number of carbonyl (C=O) groups excluding carboxylic acids is 2. The van der Waals surface area contributed by atoms with Gasteiger partial charge >= 0.3 is 11.9 Å². The Hall–Kier alpha value is -2.44. The minimum atomic E-state index is -1.55. The molecular weight excluding hydrogens is 366 g/mol. The van der Waals surface area contributed by atoms with Gasteiger partial charge in [-0.1, -0.05) is 30.3 Å². The van der Waals surface area contributed by atoms with Crippen LogP contribution in [0.15, 0.2) is 45.6 Å². The van der Waals surface area contributed by atoms with E-state index in [0.717, 1.165) is 5.56 Å². The molecule has 0 amide bonds. The number of ether oxygens (including phenoxy) is 2. The Morgan fingerprint density at radius 2 is 1.52 bits per heavy atom. The van der Waals surface area contributed by atoms with Crippen LogP contribution in [0.4, 0.5) is 0 Å². The predicted molar refractivity (Wildman–Crippen MR) is 105 cm³/mol. The number of rotatable bonds is 10. The molecule has 0 fully saturated rings. The summed E-state index contributed by atoms with van der Waals surface area (Å²) < 4.78 is 9.97. The summed E-state index contributed by atoms with van der Waals surface area (Å²) in [6.07, 6.45) is -0.588. The van der Waals surface area contributed by atoms with Gasteiger partial charge in [-0.25, -0.2) is 0 Å². The number of esters is 2. The van der Waals surface area contributed by atoms with Crippen LogP contribution in [0.25, 0.3) is 0 Å². The number of aliphatic imine (C=N–C) groups is 1. The third kappa shape index (κ3) is 7.37. The van der Waals surface area contributed by atoms with E-state index in [1.807, 2.05) is 44.2 Å². The van der Waals surface area contributed by atoms with Crippen molar-refractivity contribution in [1.82, 2.24) is 0 Å². The van der Waals surface area contributed by atoms with Crippen LogP contribution in [-0.2, 0) is 24.6 Å². The molecule has 0 atom stereocenters. The molecular formula is C19H25N3O4S. The van der Waals surface area contributed by atoms with Crippen molar-refractivity contribution in [3.8, 4) is 0 Å². The lowest BCUT2D eigenvalue weighted by Crippen LogP contribution is -2.33. The van der Waals surface area contributed by atoms with Gasteiger partial charge < -0.3 is 9.47 Å². The highest BCUT2D eigenvalue weighted by Crippen LogP contribution is 2.30. The van der Waals surface area contributed by atoms with Crippen molar-refractivity contribution in [2.75, 3.05) is 13.2 Å². The summed E-state index contributed by atoms with van der Waals surface area (Å²) in [5.74, 6) is -1.13. The van der Waals surface area contributed by atoms with Crippen LogP contribution in [0.5, 0.6) is 0 Å². The van der Waals surface area contributed by atoms with Gasteiger partial charge in [0.15, 0.2) is 0 Å². The largest absolute Gasteiger partial charge is 0.466 e. The number of thiocarbonyl (C=S) groups is 1. The molecule has 0 saturated carbocycles. The van der Waals surface area contributed by atoms with E-state index in [9.17, 15) is 9.59 Å². The number of azo groups is 1. The van der Waals surface area contributed by atoms with Crippen molar-refractivity contribution >= 4 is 29.3 Å². The Bertz CT molecular complexity index is 693. The molecule has 0 aromatic heterocycles. The van der Waals surface area contributed by atoms with Crippen LogP contribution in [0.2, 0.25) is 0 Å². The molecule has 0 aliphatic heterocycles. The SMILES string of the molecule is CCOC(=O)CC(CC(=O)OCC)(N=C=S)N=NC(C)(C)c1ccccc1. The summed E-state index contributed by atoms with van der Waals surface area (Å²) in [6, 6.07) is 9.53. The van der Waals surface area contributed by atoms with Crippen molar-refractivity contribution in [3.05, 3.63) is 35.9 Å². The van der Waals surface area contributed by atoms with Gasteiger partial charge in [0.25, 0.3) is 0 Å². The molecule has 0 heterocycles. The van der Waals surface area contributed by atoms with E-state index in [1.165, 1.54) is 0 Å². The molecule has 0 saturated heterocycles. The summed E-state index contributed by atoms with van der Waals surface area (Å²) in [5.41, 5.74) is -1.33. The number of benzene rings is 1. The molecule has 0 aliphatic rings. The zero-order valence-corrected chi connectivity index (χ0v) is 16.9. The average Bonchev–Trinajstić information content (AvgIpc) is 2.61. The van der Waals surface area contributed by atoms with E-state index in [4.69, 9.17) is 21.7 Å². The first-order valence-corrected chi connectivity index (χ1v) is 9.09. The van der Waals surface area contributed by atoms with Crippen molar-refractivity contribution < 1.29 is 19.1 Å². The Morgan fingerprint density at radius 3 is 1.96 bits per heavy atom. The van der Waals surface area contributed by atoms with E-state index >= 15 is 0 Å². The molecule has 1 rings (SSSR count). The third-order valence-corrected chi connectivity index (χ3v) is 3.78. The molecule has 0 aliphatic carbocycles. The zero-order valence-electron chi connectivity index (χ0n) is 16.1. The minimum absolute atomic E-state index is 0.197. The Balaban J connectivity index is 3.26. The second-order valence-electron chi connectivity index (χ2n) is 6.27. The van der Waals surface area contributed by atoms with Gasteiger partial charge in [0.2, 0.25) is 5.66 Å². The van der Waals surface area contributed by atoms with Crippen LogP contribution >= 0.6 is 12.2 Å². The molecule has 7 nitrogen and oxygen atoms in total. The molecule has 146 valence electrons. The monoisotopic (exact) mass is 391 g/mol. The quantitative estimate of drug-likeness (QED) is 0.259. The zero-order chi connectivity index (χ0) is 20.3. The summed E-state index contributed by atoms with van der Waals surface area (Å²) in [7, 11) is 0. The third-order valence-electron chi connectivity index (χ3n) is 3.69. The Morgan fingerprint density at radius 1 is 1.00 bits per heavy atom. The average molecular weight is 391 g/mol. The molecule has 0 bridgehead atoms. The van der Waals surface area contributed by atoms with Crippen molar-refractivity contribution in [3.63, 3.8) is 0 Å². The van der Waals surface area contributed by atoms with Gasteiger partial charge in [-0.15, -0.1) is 0 Å². The minimum Gasteiger partial charge on any atom is -0.466 e. The molecule has 1 aromatic carbocycles. The van der Waals surface area contributed by atoms with E-state index in [-0.39, 0.29) is 26.1 Å². The van der Waals surface area contributed by atoms with Gasteiger partial charge in [0, 0.05) is 0 Å². The number of isothiocyanates is 1. The lowest BCUT2D eigenvalue weighted by molar-refractivity contribution is -0.147. The summed E-state index contributed by atoms with van der Waals surface area (Å²) in [6.45, 7) is 7.50. The summed E-state index contributed by atoms with van der Waals surface area (Å²) in [5, 5.41) is 10.9. The fourth-order valence-electron chi connectivity index (χ4n) is 2.33. The maximum atomic E-state index is 12.1. The van der Waals surface area contributed by atoms with Gasteiger partial charge in [0.1, 0.15) is 5.54 Å². The topological polar surface area (TPSA) is 89.7 Å². The summed E-state index contributed by atoms with van der Waals surface area (Å²) >= 11 is 4.71. The van der Waals surface area contributed by atoms with Crippen molar-refractivity contribution in [2.45, 2.75) is 51.7 Å². The molecule has 0 unspecified atom stereocenters. The maximum Gasteiger partial charge on any atom is 0.310 e. The van der Waals surface area contributed by atoms with E-state index in [1.54, 1.807) is 13.8 Å². The highest BCUT2D eigenvalue weighted by atomic mass is 32.1. The van der Waals surface area contributed by atoms with Crippen molar-refractivity contribution in [1.29, 1.82) is 0 Å². The Kier molecular flexibility index (Phi) is 8.91. The van der Waals surface area contributed by atoms with E-state index in [2.05, 4.69) is 20.4 Å². The lowest BCUT2D eigenvalue weighted by atomic mass is 9.95. The van der Waals surface area contributed by atoms with Crippen LogP contribution in [-0.4, -0.2) is 36.0 Å². The van der Waals surface area contributed by atoms with Crippen LogP contribution < -0.4 is 0 Å². The van der Waals surface area contributed by atoms with E-state index < -0.39 is 23.1 Å². The summed E-state index contributed by atoms with van der Waals surface area (Å²) in [4.78, 5) is 28.1. The fourth-order valence-corrected chi connectivity index (χ4v) is 2.50. The van der Waals surface area contributed by atoms with Crippen LogP contribution in [0.1, 0.15) is 46.1 Å². The normalized spacial score (nSPS) is 11.7. The molecule has 1 aromatic rings. The second-order valence-corrected chi connectivity index (χ2v) is 6.46. The molecule has 8 heteroatoms. The van der Waals surface area contributed by atoms with E-state index in [0.29, 0.717) is 0 Å². The second kappa shape index (κ2) is 10.6. The smallest absolute Gasteiger partial charge is 0.310 e. The maximum absolute atomic E-state index is 12.1. The molecule has 27 heavy (non-hydrogen) atoms. The van der Waals surface area contributed by atoms with Gasteiger partial charge in [-0.3, -0.25) is 9.59 Å². The van der Waals surface area contributed by atoms with Gasteiger partial charge in [-0.05, 0) is 45.5 Å². The fraction of sp³-hybridized carbons (Fsp3) is 0.526. The molecule has 0 spiro atoms. The lowest BCUT2D eigenvalue weighted by Gasteiger charge is -2.25. The molecule has 0 radical (unpaired) electrons. The first-order valence-electron chi connectivity index (χ1n) is 8.68. The number of hydrogen-bond acceptors (Lipinski definition) is 8. The van der Waals surface area contributed by atoms with Crippen molar-refractivity contribution in [2.24, 2.45) is 15.2 Å². The standard InChI is InChI=1S/C19H25N3O4S/c1-5-25-16(23)12-19(20-14-27,13-17(24)26-6-2)22-21-18(3,4)15-10-8-7-9-11-15/h7-11H,5-6,12-13H2,1-4H3. The predicted octanol–water partition coefficient (Wildman–Crippen LogP) is 4.08. The van der Waals surface area contributed by atoms with Gasteiger partial charge in [-0.2, -0.15) is 15.2 Å². The Labute approximate surface area is 164 Å². The highest BCUT2D eigenvalue weighted by Gasteiger charge is 2.38. The first kappa shape index (κ1) is 22.6. The molecule has 0 N–H and O–H groups in total. The van der Waals surface area contributed by atoms with Crippen LogP contribution in [0.3, 0.4) is 0 Å². The highest BCUT2D eigenvalue weighted by molar-refractivity contribution is 7.78. The number of hydrogen-bond donors (Lipinski definition) is 0. The van der Waals surface area contributed by atoms with Gasteiger partial charge in [0.05, 0.1) is 31.2 Å². The van der Waals surface area contributed by atoms with Crippen LogP contribution in [0, 0.1) is 0 Å². The number of nitrogens with zero attached hydrogens (tertiary/aromatic N) is 3.